The Balaban J connectivity index is 1.62. The Morgan fingerprint density at radius 3 is 2.42 bits per heavy atom. The number of rotatable bonds is 6. The second-order valence-electron chi connectivity index (χ2n) is 9.44. The van der Waals surface area contributed by atoms with E-state index in [0.29, 0.717) is 13.1 Å². The molecule has 4 aromatic rings. The third kappa shape index (κ3) is 4.72. The van der Waals surface area contributed by atoms with E-state index in [4.69, 9.17) is 9.72 Å². The van der Waals surface area contributed by atoms with E-state index in [0.717, 1.165) is 46.4 Å². The molecule has 5 rings (SSSR count). The van der Waals surface area contributed by atoms with Crippen LogP contribution in [0.3, 0.4) is 0 Å². The van der Waals surface area contributed by atoms with Crippen LogP contribution in [0.25, 0.3) is 22.4 Å². The van der Waals surface area contributed by atoms with Gasteiger partial charge in [-0.2, -0.15) is 0 Å². The number of ether oxygens (including phenoxy) is 1. The number of aliphatic hydroxyl groups excluding tert-OH is 1. The maximum atomic E-state index is 12.3. The number of carbonyl (C=O) groups is 1. The van der Waals surface area contributed by atoms with Gasteiger partial charge in [0.1, 0.15) is 5.82 Å². The fourth-order valence-electron chi connectivity index (χ4n) is 5.18. The maximum Gasteiger partial charge on any atom is 0.409 e. The first-order valence-electron chi connectivity index (χ1n) is 12.3. The van der Waals surface area contributed by atoms with Gasteiger partial charge in [-0.1, -0.05) is 60.7 Å². The second-order valence-corrected chi connectivity index (χ2v) is 9.44. The van der Waals surface area contributed by atoms with E-state index in [1.165, 1.54) is 18.2 Å². The molecule has 1 aliphatic rings. The van der Waals surface area contributed by atoms with Crippen molar-refractivity contribution in [2.24, 2.45) is 0 Å². The van der Waals surface area contributed by atoms with Crippen molar-refractivity contribution in [3.8, 4) is 11.4 Å². The van der Waals surface area contributed by atoms with E-state index in [-0.39, 0.29) is 18.6 Å². The van der Waals surface area contributed by atoms with E-state index in [1.54, 1.807) is 4.90 Å². The predicted molar refractivity (Wildman–Crippen MR) is 138 cm³/mol. The summed E-state index contributed by atoms with van der Waals surface area (Å²) >= 11 is 0. The highest BCUT2D eigenvalue weighted by Crippen LogP contribution is 2.35. The highest BCUT2D eigenvalue weighted by Gasteiger charge is 2.26. The molecule has 1 aliphatic heterocycles. The number of carbonyl (C=O) groups excluding carboxylic acids is 1. The molecule has 0 radical (unpaired) electrons. The lowest BCUT2D eigenvalue weighted by molar-refractivity contribution is -0.0381. The van der Waals surface area contributed by atoms with Crippen molar-refractivity contribution in [3.63, 3.8) is 0 Å². The van der Waals surface area contributed by atoms with Crippen molar-refractivity contribution in [3.05, 3.63) is 89.0 Å². The Hall–Kier alpha value is -3.68. The van der Waals surface area contributed by atoms with Gasteiger partial charge in [-0.3, -0.25) is 0 Å². The molecule has 1 amide bonds. The topological polar surface area (TPSA) is 87.8 Å². The Labute approximate surface area is 210 Å². The van der Waals surface area contributed by atoms with Gasteiger partial charge in [-0.15, -0.1) is 0 Å². The zero-order valence-corrected chi connectivity index (χ0v) is 20.6. The van der Waals surface area contributed by atoms with Gasteiger partial charge in [0.2, 0.25) is 0 Å². The summed E-state index contributed by atoms with van der Waals surface area (Å²) in [5, 5.41) is 18.7. The molecule has 0 saturated carbocycles. The van der Waals surface area contributed by atoms with Crippen LogP contribution in [0.4, 0.5) is 4.79 Å². The highest BCUT2D eigenvalue weighted by molar-refractivity contribution is 5.85. The van der Waals surface area contributed by atoms with Crippen LogP contribution in [0.1, 0.15) is 35.2 Å². The second kappa shape index (κ2) is 10.1. The average molecular weight is 486 g/mol. The standard InChI is InChI=1S/C29H31N3O4/c1-19(16-20-6-4-3-5-7-20)32-25-13-12-22-14-15-31(29(35)36-2)18-24(22)27(25)30-28(32)23-10-8-21(9-11-23)17-26(33)34/h3-13,19,26,33-34H,14-18H2,1-2H3/t19-/m0/s1. The summed E-state index contributed by atoms with van der Waals surface area (Å²) in [5.74, 6) is 0.855. The molecule has 3 aromatic carbocycles. The molecular formula is C29H31N3O4. The van der Waals surface area contributed by atoms with Crippen molar-refractivity contribution in [2.45, 2.75) is 45.1 Å². The van der Waals surface area contributed by atoms with Crippen LogP contribution >= 0.6 is 0 Å². The largest absolute Gasteiger partial charge is 0.453 e. The Kier molecular flexibility index (Phi) is 6.76. The van der Waals surface area contributed by atoms with Crippen LogP contribution in [0.2, 0.25) is 0 Å². The van der Waals surface area contributed by atoms with E-state index >= 15 is 0 Å². The SMILES string of the molecule is COC(=O)N1CCc2ccc3c(nc(-c4ccc(CC(O)O)cc4)n3[C@@H](C)Cc3ccccc3)c2C1. The monoisotopic (exact) mass is 485 g/mol. The Bertz CT molecular complexity index is 1360. The van der Waals surface area contributed by atoms with Crippen LogP contribution in [0.15, 0.2) is 66.7 Å². The number of aliphatic hydroxyl groups is 2. The molecule has 0 unspecified atom stereocenters. The fourth-order valence-corrected chi connectivity index (χ4v) is 5.18. The number of aromatic nitrogens is 2. The zero-order chi connectivity index (χ0) is 25.2. The Morgan fingerprint density at radius 1 is 1.00 bits per heavy atom. The molecule has 7 heteroatoms. The quantitative estimate of drug-likeness (QED) is 0.393. The third-order valence-corrected chi connectivity index (χ3v) is 6.94. The summed E-state index contributed by atoms with van der Waals surface area (Å²) in [4.78, 5) is 19.1. The van der Waals surface area contributed by atoms with Crippen LogP contribution < -0.4 is 0 Å². The molecule has 2 heterocycles. The smallest absolute Gasteiger partial charge is 0.409 e. The van der Waals surface area contributed by atoms with Gasteiger partial charge >= 0.3 is 6.09 Å². The molecular weight excluding hydrogens is 454 g/mol. The van der Waals surface area contributed by atoms with E-state index in [9.17, 15) is 15.0 Å². The van der Waals surface area contributed by atoms with Gasteiger partial charge in [-0.05, 0) is 42.5 Å². The normalized spacial score (nSPS) is 14.2. The van der Waals surface area contributed by atoms with E-state index < -0.39 is 6.29 Å². The number of hydrogen-bond acceptors (Lipinski definition) is 5. The number of methoxy groups -OCH3 is 1. The average Bonchev–Trinajstić information content (AvgIpc) is 3.29. The molecule has 0 saturated heterocycles. The minimum absolute atomic E-state index is 0.129. The van der Waals surface area contributed by atoms with Crippen molar-refractivity contribution in [1.82, 2.24) is 14.5 Å². The summed E-state index contributed by atoms with van der Waals surface area (Å²) in [6.45, 7) is 3.30. The molecule has 7 nitrogen and oxygen atoms in total. The molecule has 0 spiro atoms. The van der Waals surface area contributed by atoms with Crippen LogP contribution in [0.5, 0.6) is 0 Å². The molecule has 0 bridgehead atoms. The molecule has 2 N–H and O–H groups in total. The predicted octanol–water partition coefficient (Wildman–Crippen LogP) is 4.48. The molecule has 36 heavy (non-hydrogen) atoms. The van der Waals surface area contributed by atoms with Crippen LogP contribution in [0, 0.1) is 0 Å². The fraction of sp³-hybridized carbons (Fsp3) is 0.310. The summed E-state index contributed by atoms with van der Waals surface area (Å²) in [5.41, 5.74) is 7.27. The lowest BCUT2D eigenvalue weighted by Gasteiger charge is -2.28. The summed E-state index contributed by atoms with van der Waals surface area (Å²) in [6.07, 6.45) is 0.0876. The molecule has 186 valence electrons. The van der Waals surface area contributed by atoms with E-state index in [1.807, 2.05) is 30.3 Å². The third-order valence-electron chi connectivity index (χ3n) is 6.94. The first-order valence-corrected chi connectivity index (χ1v) is 12.3. The minimum Gasteiger partial charge on any atom is -0.453 e. The lowest BCUT2D eigenvalue weighted by Crippen LogP contribution is -2.35. The van der Waals surface area contributed by atoms with Gasteiger partial charge in [0.15, 0.2) is 6.29 Å². The van der Waals surface area contributed by atoms with Crippen LogP contribution in [-0.4, -0.2) is 50.7 Å². The van der Waals surface area contributed by atoms with Gasteiger partial charge in [0, 0.05) is 30.1 Å². The highest BCUT2D eigenvalue weighted by atomic mass is 16.5. The lowest BCUT2D eigenvalue weighted by atomic mass is 9.98. The van der Waals surface area contributed by atoms with Gasteiger partial charge in [0.05, 0.1) is 24.7 Å². The zero-order valence-electron chi connectivity index (χ0n) is 20.6. The number of amides is 1. The number of nitrogens with zero attached hydrogens (tertiary/aromatic N) is 3. The number of imidazole rings is 1. The molecule has 0 fully saturated rings. The maximum absolute atomic E-state index is 12.3. The van der Waals surface area contributed by atoms with E-state index in [2.05, 4.69) is 47.9 Å². The summed E-state index contributed by atoms with van der Waals surface area (Å²) in [7, 11) is 1.41. The first-order chi connectivity index (χ1) is 17.4. The van der Waals surface area contributed by atoms with Crippen LogP contribution in [-0.2, 0) is 30.5 Å². The van der Waals surface area contributed by atoms with Crippen molar-refractivity contribution in [2.75, 3.05) is 13.7 Å². The van der Waals surface area contributed by atoms with Gasteiger partial charge in [-0.25, -0.2) is 9.78 Å². The number of benzene rings is 3. The molecule has 0 aliphatic carbocycles. The number of fused-ring (bicyclic) bond motifs is 3. The van der Waals surface area contributed by atoms with Crippen molar-refractivity contribution >= 4 is 17.1 Å². The summed E-state index contributed by atoms with van der Waals surface area (Å²) < 4.78 is 7.27. The first kappa shape index (κ1) is 24.0. The minimum atomic E-state index is -1.38. The van der Waals surface area contributed by atoms with Gasteiger partial charge < -0.3 is 24.4 Å². The molecule has 1 aromatic heterocycles. The molecule has 1 atom stereocenters. The Morgan fingerprint density at radius 2 is 1.72 bits per heavy atom. The van der Waals surface area contributed by atoms with Crippen molar-refractivity contribution < 1.29 is 19.7 Å². The van der Waals surface area contributed by atoms with Gasteiger partial charge in [0.25, 0.3) is 0 Å². The number of hydrogen-bond donors (Lipinski definition) is 2. The summed E-state index contributed by atoms with van der Waals surface area (Å²) in [6, 6.07) is 22.6. The van der Waals surface area contributed by atoms with Crippen molar-refractivity contribution in [1.29, 1.82) is 0 Å².